The summed E-state index contributed by atoms with van der Waals surface area (Å²) in [5, 5.41) is 3.23. The zero-order valence-corrected chi connectivity index (χ0v) is 16.8. The summed E-state index contributed by atoms with van der Waals surface area (Å²) < 4.78 is 14.2. The number of rotatable bonds is 5. The molecule has 3 heterocycles. The number of benzene rings is 1. The molecule has 0 spiro atoms. The first-order valence-corrected chi connectivity index (χ1v) is 9.79. The van der Waals surface area contributed by atoms with Gasteiger partial charge in [0.15, 0.2) is 0 Å². The molecule has 0 radical (unpaired) electrons. The fourth-order valence-corrected chi connectivity index (χ4v) is 3.49. The molecule has 1 saturated heterocycles. The molecule has 2 aromatic heterocycles. The summed E-state index contributed by atoms with van der Waals surface area (Å²) in [5.41, 5.74) is 4.56. The van der Waals surface area contributed by atoms with Crippen LogP contribution in [0.1, 0.15) is 11.1 Å². The molecule has 3 aromatic rings. The summed E-state index contributed by atoms with van der Waals surface area (Å²) >= 11 is 0. The van der Waals surface area contributed by atoms with E-state index in [1.807, 2.05) is 25.1 Å². The zero-order chi connectivity index (χ0) is 20.2. The molecule has 29 heavy (non-hydrogen) atoms. The molecular formula is C22H25FN6. The number of halogens is 1. The molecule has 0 saturated carbocycles. The predicted octanol–water partition coefficient (Wildman–Crippen LogP) is 3.35. The van der Waals surface area contributed by atoms with E-state index in [1.165, 1.54) is 0 Å². The first-order valence-electron chi connectivity index (χ1n) is 9.79. The van der Waals surface area contributed by atoms with Crippen molar-refractivity contribution in [2.45, 2.75) is 13.5 Å². The lowest BCUT2D eigenvalue weighted by Gasteiger charge is -2.34. The third kappa shape index (κ3) is 4.68. The van der Waals surface area contributed by atoms with Gasteiger partial charge in [0.1, 0.15) is 5.82 Å². The normalized spacial score (nSPS) is 14.8. The summed E-state index contributed by atoms with van der Waals surface area (Å²) in [6, 6.07) is 9.07. The standard InChI is InChI=1S/C22H25FN6/c1-16-13-25-22(27-21(16)18-4-3-5-24-15-18)26-14-17-10-19(23)12-20(11-17)29-8-6-28(2)7-9-29/h3-5,10-13,15H,6-9,14H2,1-2H3,(H,25,26,27). The van der Waals surface area contributed by atoms with Gasteiger partial charge in [0.25, 0.3) is 0 Å². The smallest absolute Gasteiger partial charge is 0.223 e. The van der Waals surface area contributed by atoms with Crippen molar-refractivity contribution >= 4 is 11.6 Å². The summed E-state index contributed by atoms with van der Waals surface area (Å²) in [6.45, 7) is 6.20. The van der Waals surface area contributed by atoms with Gasteiger partial charge in [-0.15, -0.1) is 0 Å². The molecule has 1 fully saturated rings. The average molecular weight is 392 g/mol. The van der Waals surface area contributed by atoms with E-state index in [4.69, 9.17) is 0 Å². The quantitative estimate of drug-likeness (QED) is 0.719. The molecule has 6 nitrogen and oxygen atoms in total. The molecule has 4 rings (SSSR count). The highest BCUT2D eigenvalue weighted by Gasteiger charge is 2.15. The number of nitrogens with zero attached hydrogens (tertiary/aromatic N) is 5. The highest BCUT2D eigenvalue weighted by Crippen LogP contribution is 2.23. The summed E-state index contributed by atoms with van der Waals surface area (Å²) in [7, 11) is 2.11. The average Bonchev–Trinajstić information content (AvgIpc) is 2.74. The van der Waals surface area contributed by atoms with E-state index < -0.39 is 0 Å². The number of anilines is 2. The number of pyridine rings is 1. The SMILES string of the molecule is Cc1cnc(NCc2cc(F)cc(N3CCN(C)CC3)c2)nc1-c1cccnc1. The Balaban J connectivity index is 1.49. The number of hydrogen-bond acceptors (Lipinski definition) is 6. The molecule has 0 aliphatic carbocycles. The van der Waals surface area contributed by atoms with Crippen molar-refractivity contribution in [3.63, 3.8) is 0 Å². The lowest BCUT2D eigenvalue weighted by molar-refractivity contribution is 0.312. The molecule has 1 aromatic carbocycles. The van der Waals surface area contributed by atoms with Crippen LogP contribution in [0.2, 0.25) is 0 Å². The van der Waals surface area contributed by atoms with Gasteiger partial charge in [-0.05, 0) is 55.4 Å². The van der Waals surface area contributed by atoms with Gasteiger partial charge in [0.05, 0.1) is 5.69 Å². The van der Waals surface area contributed by atoms with Crippen LogP contribution in [-0.2, 0) is 6.54 Å². The molecule has 0 bridgehead atoms. The van der Waals surface area contributed by atoms with Crippen LogP contribution in [0.3, 0.4) is 0 Å². The van der Waals surface area contributed by atoms with Crippen LogP contribution in [0.5, 0.6) is 0 Å². The van der Waals surface area contributed by atoms with Crippen LogP contribution in [0.4, 0.5) is 16.0 Å². The van der Waals surface area contributed by atoms with Crippen LogP contribution in [0, 0.1) is 12.7 Å². The number of piperazine rings is 1. The highest BCUT2D eigenvalue weighted by molar-refractivity contribution is 5.62. The zero-order valence-electron chi connectivity index (χ0n) is 16.8. The van der Waals surface area contributed by atoms with Crippen molar-refractivity contribution < 1.29 is 4.39 Å². The van der Waals surface area contributed by atoms with E-state index in [1.54, 1.807) is 30.7 Å². The van der Waals surface area contributed by atoms with Crippen LogP contribution < -0.4 is 10.2 Å². The minimum Gasteiger partial charge on any atom is -0.369 e. The Labute approximate surface area is 170 Å². The van der Waals surface area contributed by atoms with Crippen LogP contribution in [0.15, 0.2) is 48.9 Å². The maximum Gasteiger partial charge on any atom is 0.223 e. The number of hydrogen-bond donors (Lipinski definition) is 1. The summed E-state index contributed by atoms with van der Waals surface area (Å²) in [6.07, 6.45) is 5.31. The second-order valence-electron chi connectivity index (χ2n) is 7.43. The van der Waals surface area contributed by atoms with Crippen LogP contribution >= 0.6 is 0 Å². The Kier molecular flexibility index (Phi) is 5.67. The molecule has 7 heteroatoms. The number of nitrogens with one attached hydrogen (secondary N) is 1. The van der Waals surface area contributed by atoms with Crippen molar-refractivity contribution in [3.05, 3.63) is 65.9 Å². The Bertz CT molecular complexity index is 970. The van der Waals surface area contributed by atoms with Crippen molar-refractivity contribution in [1.29, 1.82) is 0 Å². The van der Waals surface area contributed by atoms with E-state index in [0.29, 0.717) is 12.5 Å². The Morgan fingerprint density at radius 3 is 2.69 bits per heavy atom. The van der Waals surface area contributed by atoms with E-state index in [2.05, 4.69) is 37.1 Å². The van der Waals surface area contributed by atoms with Gasteiger partial charge >= 0.3 is 0 Å². The van der Waals surface area contributed by atoms with Crippen molar-refractivity contribution in [2.75, 3.05) is 43.4 Å². The largest absolute Gasteiger partial charge is 0.369 e. The fourth-order valence-electron chi connectivity index (χ4n) is 3.49. The van der Waals surface area contributed by atoms with Crippen LogP contribution in [0.25, 0.3) is 11.3 Å². The second-order valence-corrected chi connectivity index (χ2v) is 7.43. The summed E-state index contributed by atoms with van der Waals surface area (Å²) in [5.74, 6) is 0.291. The molecule has 0 amide bonds. The monoisotopic (exact) mass is 392 g/mol. The van der Waals surface area contributed by atoms with Gasteiger partial charge in [-0.3, -0.25) is 4.98 Å². The van der Waals surface area contributed by atoms with Gasteiger partial charge in [0, 0.05) is 62.6 Å². The molecule has 1 aliphatic rings. The number of likely N-dealkylation sites (N-methyl/N-ethyl adjacent to an activating group) is 1. The van der Waals surface area contributed by atoms with E-state index in [-0.39, 0.29) is 5.82 Å². The van der Waals surface area contributed by atoms with E-state index in [0.717, 1.165) is 54.3 Å². The maximum absolute atomic E-state index is 14.2. The first-order chi connectivity index (χ1) is 14.1. The Morgan fingerprint density at radius 1 is 1.10 bits per heavy atom. The van der Waals surface area contributed by atoms with Crippen molar-refractivity contribution in [1.82, 2.24) is 19.9 Å². The van der Waals surface area contributed by atoms with Gasteiger partial charge in [0.2, 0.25) is 5.95 Å². The first kappa shape index (κ1) is 19.3. The topological polar surface area (TPSA) is 57.2 Å². The molecule has 0 atom stereocenters. The molecule has 1 aliphatic heterocycles. The lowest BCUT2D eigenvalue weighted by atomic mass is 10.1. The van der Waals surface area contributed by atoms with Crippen molar-refractivity contribution in [3.8, 4) is 11.3 Å². The second kappa shape index (κ2) is 8.53. The maximum atomic E-state index is 14.2. The molecular weight excluding hydrogens is 367 g/mol. The van der Waals surface area contributed by atoms with Crippen molar-refractivity contribution in [2.24, 2.45) is 0 Å². The minimum absolute atomic E-state index is 0.223. The summed E-state index contributed by atoms with van der Waals surface area (Å²) in [4.78, 5) is 17.7. The van der Waals surface area contributed by atoms with E-state index >= 15 is 0 Å². The fraction of sp³-hybridized carbons (Fsp3) is 0.318. The third-order valence-electron chi connectivity index (χ3n) is 5.17. The molecule has 1 N–H and O–H groups in total. The molecule has 0 unspecified atom stereocenters. The number of aryl methyl sites for hydroxylation is 1. The third-order valence-corrected chi connectivity index (χ3v) is 5.17. The highest BCUT2D eigenvalue weighted by atomic mass is 19.1. The Hall–Kier alpha value is -3.06. The number of aromatic nitrogens is 3. The minimum atomic E-state index is -0.223. The lowest BCUT2D eigenvalue weighted by Crippen LogP contribution is -2.44. The van der Waals surface area contributed by atoms with Crippen LogP contribution in [-0.4, -0.2) is 53.1 Å². The predicted molar refractivity (Wildman–Crippen MR) is 113 cm³/mol. The van der Waals surface area contributed by atoms with Gasteiger partial charge in [-0.2, -0.15) is 0 Å². The molecule has 150 valence electrons. The van der Waals surface area contributed by atoms with Gasteiger partial charge in [-0.1, -0.05) is 0 Å². The van der Waals surface area contributed by atoms with Gasteiger partial charge < -0.3 is 15.1 Å². The Morgan fingerprint density at radius 2 is 1.93 bits per heavy atom. The van der Waals surface area contributed by atoms with E-state index in [9.17, 15) is 4.39 Å². The van der Waals surface area contributed by atoms with Gasteiger partial charge in [-0.25, -0.2) is 14.4 Å².